The van der Waals surface area contributed by atoms with Crippen molar-refractivity contribution < 1.29 is 18.7 Å². The van der Waals surface area contributed by atoms with Crippen LogP contribution in [0.4, 0.5) is 0 Å². The maximum atomic E-state index is 11.1. The SMILES string of the molecule is CC(=O)Oc1cccc2oc(C(C)=O)cc12. The summed E-state index contributed by atoms with van der Waals surface area (Å²) in [5.41, 5.74) is 0.531. The van der Waals surface area contributed by atoms with E-state index in [2.05, 4.69) is 0 Å². The summed E-state index contributed by atoms with van der Waals surface area (Å²) < 4.78 is 10.3. The molecule has 0 saturated heterocycles. The first-order valence-corrected chi connectivity index (χ1v) is 4.80. The maximum Gasteiger partial charge on any atom is 0.308 e. The van der Waals surface area contributed by atoms with Crippen molar-refractivity contribution in [2.45, 2.75) is 13.8 Å². The van der Waals surface area contributed by atoms with Gasteiger partial charge >= 0.3 is 5.97 Å². The predicted octanol–water partition coefficient (Wildman–Crippen LogP) is 2.56. The number of ketones is 1. The van der Waals surface area contributed by atoms with E-state index in [0.717, 1.165) is 0 Å². The second kappa shape index (κ2) is 3.81. The van der Waals surface area contributed by atoms with E-state index in [-0.39, 0.29) is 11.5 Å². The number of carbonyl (C=O) groups is 2. The molecule has 0 aliphatic heterocycles. The average molecular weight is 218 g/mol. The number of fused-ring (bicyclic) bond motifs is 1. The highest BCUT2D eigenvalue weighted by atomic mass is 16.5. The zero-order chi connectivity index (χ0) is 11.7. The Labute approximate surface area is 91.8 Å². The molecule has 0 radical (unpaired) electrons. The first-order valence-electron chi connectivity index (χ1n) is 4.80. The molecule has 2 aromatic rings. The normalized spacial score (nSPS) is 10.4. The lowest BCUT2D eigenvalue weighted by atomic mass is 10.2. The van der Waals surface area contributed by atoms with Gasteiger partial charge < -0.3 is 9.15 Å². The minimum atomic E-state index is -0.405. The van der Waals surface area contributed by atoms with E-state index in [1.165, 1.54) is 13.8 Å². The van der Waals surface area contributed by atoms with Crippen molar-refractivity contribution in [3.63, 3.8) is 0 Å². The minimum absolute atomic E-state index is 0.162. The van der Waals surface area contributed by atoms with Crippen LogP contribution in [0.25, 0.3) is 11.0 Å². The van der Waals surface area contributed by atoms with Gasteiger partial charge in [0.25, 0.3) is 0 Å². The smallest absolute Gasteiger partial charge is 0.308 e. The van der Waals surface area contributed by atoms with Crippen LogP contribution in [0.2, 0.25) is 0 Å². The van der Waals surface area contributed by atoms with E-state index >= 15 is 0 Å². The van der Waals surface area contributed by atoms with E-state index in [9.17, 15) is 9.59 Å². The summed E-state index contributed by atoms with van der Waals surface area (Å²) in [6.07, 6.45) is 0. The van der Waals surface area contributed by atoms with Crippen LogP contribution in [0.3, 0.4) is 0 Å². The second-order valence-corrected chi connectivity index (χ2v) is 3.43. The lowest BCUT2D eigenvalue weighted by molar-refractivity contribution is -0.131. The molecule has 1 aromatic heterocycles. The molecule has 0 bridgehead atoms. The van der Waals surface area contributed by atoms with Gasteiger partial charge in [0.2, 0.25) is 0 Å². The number of benzene rings is 1. The molecular formula is C12H10O4. The molecule has 4 nitrogen and oxygen atoms in total. The molecule has 82 valence electrons. The van der Waals surface area contributed by atoms with Gasteiger partial charge in [-0.1, -0.05) is 6.07 Å². The quantitative estimate of drug-likeness (QED) is 0.441. The van der Waals surface area contributed by atoms with Crippen LogP contribution in [0.1, 0.15) is 24.4 Å². The van der Waals surface area contributed by atoms with E-state index in [1.807, 2.05) is 0 Å². The molecule has 0 unspecified atom stereocenters. The fourth-order valence-corrected chi connectivity index (χ4v) is 1.45. The molecule has 0 aliphatic carbocycles. The Hall–Kier alpha value is -2.10. The zero-order valence-corrected chi connectivity index (χ0v) is 8.94. The first-order chi connectivity index (χ1) is 7.58. The molecule has 0 amide bonds. The topological polar surface area (TPSA) is 56.5 Å². The van der Waals surface area contributed by atoms with Crippen molar-refractivity contribution in [1.29, 1.82) is 0 Å². The van der Waals surface area contributed by atoms with Crippen LogP contribution in [0, 0.1) is 0 Å². The van der Waals surface area contributed by atoms with Crippen LogP contribution in [0.15, 0.2) is 28.7 Å². The standard InChI is InChI=1S/C12H10O4/c1-7(13)12-6-9-10(15-8(2)14)4-3-5-11(9)16-12/h3-6H,1-2H3. The van der Waals surface area contributed by atoms with Gasteiger partial charge in [0.05, 0.1) is 5.39 Å². The number of furan rings is 1. The van der Waals surface area contributed by atoms with Gasteiger partial charge in [-0.2, -0.15) is 0 Å². The van der Waals surface area contributed by atoms with E-state index in [1.54, 1.807) is 24.3 Å². The summed E-state index contributed by atoms with van der Waals surface area (Å²) in [4.78, 5) is 22.0. The molecule has 1 aromatic carbocycles. The van der Waals surface area contributed by atoms with Crippen molar-refractivity contribution in [1.82, 2.24) is 0 Å². The Balaban J connectivity index is 2.58. The van der Waals surface area contributed by atoms with Gasteiger partial charge in [-0.05, 0) is 18.2 Å². The highest BCUT2D eigenvalue weighted by molar-refractivity contribution is 5.98. The maximum absolute atomic E-state index is 11.1. The number of rotatable bonds is 2. The molecule has 16 heavy (non-hydrogen) atoms. The van der Waals surface area contributed by atoms with Gasteiger partial charge in [0.15, 0.2) is 11.5 Å². The summed E-state index contributed by atoms with van der Waals surface area (Å²) in [5, 5.41) is 0.628. The van der Waals surface area contributed by atoms with Gasteiger partial charge in [-0.3, -0.25) is 9.59 Å². The van der Waals surface area contributed by atoms with Crippen molar-refractivity contribution in [3.8, 4) is 5.75 Å². The lowest BCUT2D eigenvalue weighted by Gasteiger charge is -2.00. The third kappa shape index (κ3) is 1.82. The minimum Gasteiger partial charge on any atom is -0.453 e. The van der Waals surface area contributed by atoms with Crippen LogP contribution in [0.5, 0.6) is 5.75 Å². The molecule has 0 fully saturated rings. The van der Waals surface area contributed by atoms with Crippen molar-refractivity contribution in [2.24, 2.45) is 0 Å². The average Bonchev–Trinajstić information content (AvgIpc) is 2.61. The number of hydrogen-bond acceptors (Lipinski definition) is 4. The van der Waals surface area contributed by atoms with Crippen molar-refractivity contribution in [2.75, 3.05) is 0 Å². The predicted molar refractivity (Wildman–Crippen MR) is 57.5 cm³/mol. The van der Waals surface area contributed by atoms with E-state index < -0.39 is 5.97 Å². The molecule has 0 spiro atoms. The molecule has 2 rings (SSSR count). The van der Waals surface area contributed by atoms with E-state index in [4.69, 9.17) is 9.15 Å². The molecule has 0 atom stereocenters. The molecule has 4 heteroatoms. The summed E-state index contributed by atoms with van der Waals surface area (Å²) in [7, 11) is 0. The highest BCUT2D eigenvalue weighted by Crippen LogP contribution is 2.28. The highest BCUT2D eigenvalue weighted by Gasteiger charge is 2.12. The summed E-state index contributed by atoms with van der Waals surface area (Å²) in [6.45, 7) is 2.74. The van der Waals surface area contributed by atoms with Gasteiger partial charge in [0, 0.05) is 13.8 Å². The van der Waals surface area contributed by atoms with Gasteiger partial charge in [-0.15, -0.1) is 0 Å². The Bertz CT molecular complexity index is 565. The molecule has 0 saturated carbocycles. The third-order valence-corrected chi connectivity index (χ3v) is 2.12. The third-order valence-electron chi connectivity index (χ3n) is 2.12. The molecular weight excluding hydrogens is 208 g/mol. The summed E-state index contributed by atoms with van der Waals surface area (Å²) >= 11 is 0. The van der Waals surface area contributed by atoms with Crippen LogP contribution in [-0.4, -0.2) is 11.8 Å². The molecule has 0 aliphatic rings. The van der Waals surface area contributed by atoms with Crippen LogP contribution >= 0.6 is 0 Å². The van der Waals surface area contributed by atoms with E-state index in [0.29, 0.717) is 16.7 Å². The lowest BCUT2D eigenvalue weighted by Crippen LogP contribution is -2.01. The van der Waals surface area contributed by atoms with Crippen LogP contribution in [-0.2, 0) is 4.79 Å². The number of carbonyl (C=O) groups excluding carboxylic acids is 2. The monoisotopic (exact) mass is 218 g/mol. The van der Waals surface area contributed by atoms with Crippen LogP contribution < -0.4 is 4.74 Å². The Kier molecular flexibility index (Phi) is 2.48. The summed E-state index contributed by atoms with van der Waals surface area (Å²) in [5.74, 6) is 0.0962. The number of esters is 1. The van der Waals surface area contributed by atoms with Gasteiger partial charge in [-0.25, -0.2) is 0 Å². The Morgan fingerprint density at radius 2 is 2.00 bits per heavy atom. The van der Waals surface area contributed by atoms with Crippen molar-refractivity contribution >= 4 is 22.7 Å². The number of hydrogen-bond donors (Lipinski definition) is 0. The Morgan fingerprint density at radius 1 is 1.25 bits per heavy atom. The van der Waals surface area contributed by atoms with Gasteiger partial charge in [0.1, 0.15) is 11.3 Å². The first kappa shape index (κ1) is 10.4. The molecule has 0 N–H and O–H groups in total. The number of ether oxygens (including phenoxy) is 1. The fraction of sp³-hybridized carbons (Fsp3) is 0.167. The number of Topliss-reactive ketones (excluding diaryl/α,β-unsaturated/α-hetero) is 1. The fourth-order valence-electron chi connectivity index (χ4n) is 1.45. The second-order valence-electron chi connectivity index (χ2n) is 3.43. The molecule has 1 heterocycles. The zero-order valence-electron chi connectivity index (χ0n) is 8.94. The largest absolute Gasteiger partial charge is 0.453 e. The summed E-state index contributed by atoms with van der Waals surface area (Å²) in [6, 6.07) is 6.65. The Morgan fingerprint density at radius 3 is 2.62 bits per heavy atom. The van der Waals surface area contributed by atoms with Crippen molar-refractivity contribution in [3.05, 3.63) is 30.0 Å².